The molecule has 1 fully saturated rings. The van der Waals surface area contributed by atoms with Crippen LogP contribution in [0, 0.1) is 0 Å². The third kappa shape index (κ3) is 1.73. The molecule has 2 aromatic rings. The highest BCUT2D eigenvalue weighted by molar-refractivity contribution is 5.81. The van der Waals surface area contributed by atoms with Crippen molar-refractivity contribution in [2.24, 2.45) is 0 Å². The van der Waals surface area contributed by atoms with Crippen LogP contribution in [0.4, 0.5) is 5.82 Å². The summed E-state index contributed by atoms with van der Waals surface area (Å²) in [5.74, 6) is 0.459. The van der Waals surface area contributed by atoms with Gasteiger partial charge in [0.1, 0.15) is 11.8 Å². The molecule has 1 saturated carbocycles. The van der Waals surface area contributed by atoms with Gasteiger partial charge in [0.05, 0.1) is 6.33 Å². The second kappa shape index (κ2) is 4.20. The second-order valence-corrected chi connectivity index (χ2v) is 5.17. The van der Waals surface area contributed by atoms with Crippen LogP contribution >= 0.6 is 0 Å². The maximum atomic E-state index is 5.81. The van der Waals surface area contributed by atoms with Crippen molar-refractivity contribution in [3.63, 3.8) is 0 Å². The van der Waals surface area contributed by atoms with E-state index < -0.39 is 0 Å². The molecule has 2 heterocycles. The maximum Gasteiger partial charge on any atom is 0.165 e. The van der Waals surface area contributed by atoms with Crippen LogP contribution in [-0.2, 0) is 0 Å². The molecule has 0 saturated heterocycles. The first kappa shape index (κ1) is 11.4. The van der Waals surface area contributed by atoms with Gasteiger partial charge in [-0.25, -0.2) is 15.0 Å². The first-order valence-corrected chi connectivity index (χ1v) is 6.26. The summed E-state index contributed by atoms with van der Waals surface area (Å²) in [6.07, 6.45) is 6.88. The zero-order chi connectivity index (χ0) is 12.7. The smallest absolute Gasteiger partial charge is 0.165 e. The summed E-state index contributed by atoms with van der Waals surface area (Å²) >= 11 is 0. The average Bonchev–Trinajstić information content (AvgIpc) is 2.94. The van der Waals surface area contributed by atoms with Crippen LogP contribution in [0.3, 0.4) is 0 Å². The highest BCUT2D eigenvalue weighted by Gasteiger charge is 2.28. The Morgan fingerprint density at radius 1 is 1.28 bits per heavy atom. The number of nitrogen functional groups attached to an aromatic ring is 1. The van der Waals surface area contributed by atoms with Crippen LogP contribution < -0.4 is 5.73 Å². The molecule has 3 rings (SSSR count). The van der Waals surface area contributed by atoms with Crippen molar-refractivity contribution in [3.8, 4) is 0 Å². The van der Waals surface area contributed by atoms with Crippen LogP contribution in [0.25, 0.3) is 11.2 Å². The minimum Gasteiger partial charge on any atom is -0.382 e. The van der Waals surface area contributed by atoms with E-state index in [1.165, 1.54) is 12.7 Å². The highest BCUT2D eigenvalue weighted by Crippen LogP contribution is 2.34. The Bertz CT molecular complexity index is 561. The fourth-order valence-corrected chi connectivity index (χ4v) is 2.79. The minimum atomic E-state index is 0.459. The van der Waals surface area contributed by atoms with Crippen molar-refractivity contribution in [1.82, 2.24) is 24.4 Å². The fourth-order valence-electron chi connectivity index (χ4n) is 2.79. The zero-order valence-corrected chi connectivity index (χ0v) is 10.7. The van der Waals surface area contributed by atoms with Gasteiger partial charge in [0.2, 0.25) is 0 Å². The number of rotatable bonds is 2. The summed E-state index contributed by atoms with van der Waals surface area (Å²) in [5, 5.41) is 0. The van der Waals surface area contributed by atoms with E-state index in [2.05, 4.69) is 38.5 Å². The maximum absolute atomic E-state index is 5.81. The molecule has 96 valence electrons. The largest absolute Gasteiger partial charge is 0.382 e. The Kier molecular flexibility index (Phi) is 2.66. The lowest BCUT2D eigenvalue weighted by molar-refractivity contribution is 0.291. The van der Waals surface area contributed by atoms with E-state index in [1.54, 1.807) is 0 Å². The fraction of sp³-hybridized carbons (Fsp3) is 0.583. The van der Waals surface area contributed by atoms with Crippen LogP contribution in [0.2, 0.25) is 0 Å². The van der Waals surface area contributed by atoms with Gasteiger partial charge in [-0.2, -0.15) is 0 Å². The Hall–Kier alpha value is -1.69. The molecule has 18 heavy (non-hydrogen) atoms. The van der Waals surface area contributed by atoms with Gasteiger partial charge in [0.15, 0.2) is 11.5 Å². The number of hydrogen-bond acceptors (Lipinski definition) is 5. The van der Waals surface area contributed by atoms with Crippen molar-refractivity contribution >= 4 is 17.0 Å². The van der Waals surface area contributed by atoms with E-state index in [9.17, 15) is 0 Å². The molecule has 0 aromatic carbocycles. The first-order chi connectivity index (χ1) is 8.66. The summed E-state index contributed by atoms with van der Waals surface area (Å²) in [4.78, 5) is 14.9. The van der Waals surface area contributed by atoms with Gasteiger partial charge in [-0.3, -0.25) is 0 Å². The number of nitrogens with two attached hydrogens (primary N) is 1. The normalized spacial score (nSPS) is 24.2. The summed E-state index contributed by atoms with van der Waals surface area (Å²) in [6, 6.07) is 1.11. The quantitative estimate of drug-likeness (QED) is 0.858. The number of aromatic nitrogens is 4. The van der Waals surface area contributed by atoms with Gasteiger partial charge in [-0.05, 0) is 33.4 Å². The second-order valence-electron chi connectivity index (χ2n) is 5.17. The van der Waals surface area contributed by atoms with E-state index in [0.717, 1.165) is 18.5 Å². The SMILES string of the molecule is CN(C)[C@@H]1CCC(n2cnc3c(N)ncnc32)C1. The van der Waals surface area contributed by atoms with Gasteiger partial charge in [-0.15, -0.1) is 0 Å². The van der Waals surface area contributed by atoms with Crippen molar-refractivity contribution in [2.75, 3.05) is 19.8 Å². The molecule has 2 atom stereocenters. The lowest BCUT2D eigenvalue weighted by atomic mass is 10.2. The van der Waals surface area contributed by atoms with E-state index >= 15 is 0 Å². The standard InChI is InChI=1S/C12H18N6/c1-17(2)8-3-4-9(5-8)18-7-16-10-11(13)14-6-15-12(10)18/h6-9H,3-5H2,1-2H3,(H2,13,14,15)/t8-,9?/m1/s1. The number of hydrogen-bond donors (Lipinski definition) is 1. The molecule has 0 aliphatic heterocycles. The predicted molar refractivity (Wildman–Crippen MR) is 70.1 cm³/mol. The monoisotopic (exact) mass is 246 g/mol. The summed E-state index contributed by atoms with van der Waals surface area (Å²) < 4.78 is 2.15. The van der Waals surface area contributed by atoms with Crippen molar-refractivity contribution in [2.45, 2.75) is 31.3 Å². The molecule has 0 amide bonds. The summed E-state index contributed by atoms with van der Waals surface area (Å²) in [7, 11) is 4.28. The van der Waals surface area contributed by atoms with Gasteiger partial charge in [-0.1, -0.05) is 0 Å². The molecule has 0 spiro atoms. The molecule has 1 unspecified atom stereocenters. The number of imidazole rings is 1. The molecule has 0 bridgehead atoms. The van der Waals surface area contributed by atoms with E-state index in [1.807, 2.05) is 6.33 Å². The van der Waals surface area contributed by atoms with E-state index in [0.29, 0.717) is 23.4 Å². The van der Waals surface area contributed by atoms with Crippen molar-refractivity contribution in [1.29, 1.82) is 0 Å². The summed E-state index contributed by atoms with van der Waals surface area (Å²) in [5.41, 5.74) is 7.38. The predicted octanol–water partition coefficient (Wildman–Crippen LogP) is 1.06. The molecular weight excluding hydrogens is 228 g/mol. The van der Waals surface area contributed by atoms with Crippen LogP contribution in [0.5, 0.6) is 0 Å². The first-order valence-electron chi connectivity index (χ1n) is 6.26. The summed E-state index contributed by atoms with van der Waals surface area (Å²) in [6.45, 7) is 0. The number of anilines is 1. The number of fused-ring (bicyclic) bond motifs is 1. The Morgan fingerprint density at radius 2 is 2.11 bits per heavy atom. The van der Waals surface area contributed by atoms with Crippen LogP contribution in [0.15, 0.2) is 12.7 Å². The number of nitrogens with zero attached hydrogens (tertiary/aromatic N) is 5. The molecule has 6 nitrogen and oxygen atoms in total. The van der Waals surface area contributed by atoms with Gasteiger partial charge >= 0.3 is 0 Å². The molecule has 6 heteroatoms. The zero-order valence-electron chi connectivity index (χ0n) is 10.7. The lowest BCUT2D eigenvalue weighted by Gasteiger charge is -2.19. The van der Waals surface area contributed by atoms with E-state index in [-0.39, 0.29) is 0 Å². The highest BCUT2D eigenvalue weighted by atomic mass is 15.2. The van der Waals surface area contributed by atoms with Gasteiger partial charge < -0.3 is 15.2 Å². The Labute approximate surface area is 106 Å². The third-order valence-corrected chi connectivity index (χ3v) is 3.89. The van der Waals surface area contributed by atoms with Crippen molar-refractivity contribution in [3.05, 3.63) is 12.7 Å². The molecule has 2 aromatic heterocycles. The van der Waals surface area contributed by atoms with Gasteiger partial charge in [0.25, 0.3) is 0 Å². The van der Waals surface area contributed by atoms with Crippen LogP contribution in [0.1, 0.15) is 25.3 Å². The molecule has 2 N–H and O–H groups in total. The Balaban J connectivity index is 1.94. The average molecular weight is 246 g/mol. The Morgan fingerprint density at radius 3 is 2.83 bits per heavy atom. The minimum absolute atomic E-state index is 0.459. The van der Waals surface area contributed by atoms with E-state index in [4.69, 9.17) is 5.73 Å². The lowest BCUT2D eigenvalue weighted by Crippen LogP contribution is -2.25. The molecular formula is C12H18N6. The third-order valence-electron chi connectivity index (χ3n) is 3.89. The molecule has 0 radical (unpaired) electrons. The van der Waals surface area contributed by atoms with Gasteiger partial charge in [0, 0.05) is 12.1 Å². The molecule has 1 aliphatic carbocycles. The topological polar surface area (TPSA) is 72.9 Å². The van der Waals surface area contributed by atoms with Crippen molar-refractivity contribution < 1.29 is 0 Å². The van der Waals surface area contributed by atoms with Crippen LogP contribution in [-0.4, -0.2) is 44.6 Å². The molecule has 1 aliphatic rings.